The maximum absolute atomic E-state index is 5.47. The lowest BCUT2D eigenvalue weighted by Crippen LogP contribution is -2.25. The molecule has 92 valence electrons. The van der Waals surface area contributed by atoms with E-state index < -0.39 is 0 Å². The molecule has 0 atom stereocenters. The zero-order valence-corrected chi connectivity index (χ0v) is 10.6. The van der Waals surface area contributed by atoms with Gasteiger partial charge in [0.15, 0.2) is 0 Å². The van der Waals surface area contributed by atoms with Crippen LogP contribution in [0.5, 0.6) is 0 Å². The molecule has 0 fully saturated rings. The minimum absolute atomic E-state index is 0.461. The zero-order valence-electron chi connectivity index (χ0n) is 10.6. The summed E-state index contributed by atoms with van der Waals surface area (Å²) in [5.74, 6) is 0.762. The van der Waals surface area contributed by atoms with Crippen LogP contribution in [-0.4, -0.2) is 40.0 Å². The van der Waals surface area contributed by atoms with Crippen molar-refractivity contribution >= 4 is 0 Å². The molecule has 0 bridgehead atoms. The van der Waals surface area contributed by atoms with Crippen molar-refractivity contribution in [3.05, 3.63) is 11.9 Å². The molecule has 0 aromatic carbocycles. The third-order valence-electron chi connectivity index (χ3n) is 2.59. The van der Waals surface area contributed by atoms with Crippen molar-refractivity contribution in [1.29, 1.82) is 0 Å². The molecule has 5 heteroatoms. The molecule has 0 aliphatic carbocycles. The molecule has 0 radical (unpaired) electrons. The molecule has 0 saturated heterocycles. The molecule has 0 saturated carbocycles. The van der Waals surface area contributed by atoms with Crippen LogP contribution in [0.4, 0.5) is 0 Å². The molecule has 1 aromatic rings. The maximum atomic E-state index is 5.47. The second kappa shape index (κ2) is 6.60. The number of hydrogen-bond acceptors (Lipinski definition) is 4. The second-order valence-electron chi connectivity index (χ2n) is 4.66. The van der Waals surface area contributed by atoms with E-state index in [-0.39, 0.29) is 0 Å². The molecule has 0 aliphatic heterocycles. The van der Waals surface area contributed by atoms with Crippen molar-refractivity contribution in [1.82, 2.24) is 19.9 Å². The Morgan fingerprint density at radius 3 is 2.75 bits per heavy atom. The predicted octanol–water partition coefficient (Wildman–Crippen LogP) is 0.715. The first-order valence-electron chi connectivity index (χ1n) is 5.89. The monoisotopic (exact) mass is 225 g/mol. The Morgan fingerprint density at radius 2 is 2.19 bits per heavy atom. The van der Waals surface area contributed by atoms with Gasteiger partial charge in [-0.2, -0.15) is 0 Å². The molecule has 16 heavy (non-hydrogen) atoms. The fourth-order valence-electron chi connectivity index (χ4n) is 1.40. The third-order valence-corrected chi connectivity index (χ3v) is 2.59. The van der Waals surface area contributed by atoms with Gasteiger partial charge >= 0.3 is 0 Å². The van der Waals surface area contributed by atoms with Gasteiger partial charge in [0.05, 0.1) is 12.2 Å². The molecule has 1 rings (SSSR count). The molecular weight excluding hydrogens is 202 g/mol. The summed E-state index contributed by atoms with van der Waals surface area (Å²) in [5.41, 5.74) is 6.33. The van der Waals surface area contributed by atoms with Gasteiger partial charge in [0.1, 0.15) is 0 Å². The summed E-state index contributed by atoms with van der Waals surface area (Å²) >= 11 is 0. The van der Waals surface area contributed by atoms with Crippen LogP contribution in [0, 0.1) is 5.92 Å². The summed E-state index contributed by atoms with van der Waals surface area (Å²) in [6, 6.07) is 0. The van der Waals surface area contributed by atoms with Gasteiger partial charge in [-0.15, -0.1) is 5.10 Å². The number of nitrogens with zero attached hydrogens (tertiary/aromatic N) is 4. The van der Waals surface area contributed by atoms with Crippen LogP contribution in [0.25, 0.3) is 0 Å². The highest BCUT2D eigenvalue weighted by atomic mass is 15.4. The number of rotatable bonds is 7. The lowest BCUT2D eigenvalue weighted by molar-refractivity contribution is 0.292. The first-order chi connectivity index (χ1) is 7.61. The molecular formula is C11H23N5. The summed E-state index contributed by atoms with van der Waals surface area (Å²) in [4.78, 5) is 2.32. The third kappa shape index (κ3) is 4.72. The van der Waals surface area contributed by atoms with E-state index in [2.05, 4.69) is 36.1 Å². The molecule has 5 nitrogen and oxygen atoms in total. The highest BCUT2D eigenvalue weighted by Crippen LogP contribution is 2.00. The van der Waals surface area contributed by atoms with E-state index in [0.717, 1.165) is 31.2 Å². The largest absolute Gasteiger partial charge is 0.325 e. The Kier molecular flexibility index (Phi) is 5.42. The molecule has 1 aromatic heterocycles. The Morgan fingerprint density at radius 1 is 1.44 bits per heavy atom. The SMILES string of the molecule is CC(C)CCN(C)CCn1cc(CN)nn1. The smallest absolute Gasteiger partial charge is 0.0962 e. The van der Waals surface area contributed by atoms with Gasteiger partial charge in [-0.1, -0.05) is 19.1 Å². The van der Waals surface area contributed by atoms with Crippen LogP contribution < -0.4 is 5.73 Å². The number of likely N-dealkylation sites (N-methyl/N-ethyl adjacent to an activating group) is 1. The highest BCUT2D eigenvalue weighted by Gasteiger charge is 2.02. The van der Waals surface area contributed by atoms with Gasteiger partial charge in [0.2, 0.25) is 0 Å². The summed E-state index contributed by atoms with van der Waals surface area (Å²) < 4.78 is 1.86. The Balaban J connectivity index is 2.23. The van der Waals surface area contributed by atoms with Crippen LogP contribution in [0.3, 0.4) is 0 Å². The molecule has 0 unspecified atom stereocenters. The van der Waals surface area contributed by atoms with E-state index >= 15 is 0 Å². The summed E-state index contributed by atoms with van der Waals surface area (Å²) in [6.45, 7) is 7.97. The van der Waals surface area contributed by atoms with E-state index in [0.29, 0.717) is 6.54 Å². The lowest BCUT2D eigenvalue weighted by atomic mass is 10.1. The fourth-order valence-corrected chi connectivity index (χ4v) is 1.40. The first kappa shape index (κ1) is 13.1. The van der Waals surface area contributed by atoms with Crippen LogP contribution in [0.2, 0.25) is 0 Å². The molecule has 1 heterocycles. The normalized spacial score (nSPS) is 11.6. The zero-order chi connectivity index (χ0) is 12.0. The van der Waals surface area contributed by atoms with Crippen LogP contribution in [0.1, 0.15) is 26.0 Å². The summed E-state index contributed by atoms with van der Waals surface area (Å²) in [7, 11) is 2.14. The van der Waals surface area contributed by atoms with E-state index in [9.17, 15) is 0 Å². The van der Waals surface area contributed by atoms with Crippen molar-refractivity contribution in [2.24, 2.45) is 11.7 Å². The van der Waals surface area contributed by atoms with Crippen molar-refractivity contribution in [2.75, 3.05) is 20.1 Å². The molecule has 0 aliphatic rings. The molecule has 2 N–H and O–H groups in total. The van der Waals surface area contributed by atoms with Crippen molar-refractivity contribution in [3.8, 4) is 0 Å². The molecule has 0 spiro atoms. The van der Waals surface area contributed by atoms with Crippen molar-refractivity contribution in [3.63, 3.8) is 0 Å². The Hall–Kier alpha value is -0.940. The van der Waals surface area contributed by atoms with Gasteiger partial charge in [-0.3, -0.25) is 4.68 Å². The average molecular weight is 225 g/mol. The van der Waals surface area contributed by atoms with Gasteiger partial charge in [0, 0.05) is 19.3 Å². The topological polar surface area (TPSA) is 60.0 Å². The second-order valence-corrected chi connectivity index (χ2v) is 4.66. The standard InChI is InChI=1S/C11H23N5/c1-10(2)4-5-15(3)6-7-16-9-11(8-12)13-14-16/h9-10H,4-8,12H2,1-3H3. The van der Waals surface area contributed by atoms with Crippen molar-refractivity contribution in [2.45, 2.75) is 33.4 Å². The quantitative estimate of drug-likeness (QED) is 0.742. The van der Waals surface area contributed by atoms with Crippen LogP contribution in [-0.2, 0) is 13.1 Å². The van der Waals surface area contributed by atoms with Crippen LogP contribution >= 0.6 is 0 Å². The summed E-state index contributed by atoms with van der Waals surface area (Å²) in [6.07, 6.45) is 3.15. The van der Waals surface area contributed by atoms with Crippen molar-refractivity contribution < 1.29 is 0 Å². The lowest BCUT2D eigenvalue weighted by Gasteiger charge is -2.17. The van der Waals surface area contributed by atoms with E-state index in [1.807, 2.05) is 10.9 Å². The molecule has 0 amide bonds. The average Bonchev–Trinajstić information content (AvgIpc) is 2.71. The maximum Gasteiger partial charge on any atom is 0.0962 e. The minimum atomic E-state index is 0.461. The Bertz CT molecular complexity index is 294. The predicted molar refractivity (Wildman–Crippen MR) is 64.9 cm³/mol. The van der Waals surface area contributed by atoms with Gasteiger partial charge < -0.3 is 10.6 Å². The number of hydrogen-bond donors (Lipinski definition) is 1. The van der Waals surface area contributed by atoms with Crippen LogP contribution in [0.15, 0.2) is 6.20 Å². The first-order valence-corrected chi connectivity index (χ1v) is 5.89. The fraction of sp³-hybridized carbons (Fsp3) is 0.818. The summed E-state index contributed by atoms with van der Waals surface area (Å²) in [5, 5.41) is 7.97. The van der Waals surface area contributed by atoms with Gasteiger partial charge in [-0.05, 0) is 25.9 Å². The number of nitrogens with two attached hydrogens (primary N) is 1. The van der Waals surface area contributed by atoms with Gasteiger partial charge in [0.25, 0.3) is 0 Å². The minimum Gasteiger partial charge on any atom is -0.325 e. The van der Waals surface area contributed by atoms with Gasteiger partial charge in [-0.25, -0.2) is 0 Å². The van der Waals surface area contributed by atoms with E-state index in [4.69, 9.17) is 5.73 Å². The number of aromatic nitrogens is 3. The Labute approximate surface area is 97.6 Å². The van der Waals surface area contributed by atoms with E-state index in [1.54, 1.807) is 0 Å². The van der Waals surface area contributed by atoms with E-state index in [1.165, 1.54) is 6.42 Å². The highest BCUT2D eigenvalue weighted by molar-refractivity contribution is 4.90.